The summed E-state index contributed by atoms with van der Waals surface area (Å²) in [6.45, 7) is 2.89. The van der Waals surface area contributed by atoms with Crippen molar-refractivity contribution in [1.82, 2.24) is 5.32 Å². The molecule has 24 heavy (non-hydrogen) atoms. The molecular weight excluding hydrogens is 334 g/mol. The molecule has 1 heterocycles. The monoisotopic (exact) mass is 355 g/mol. The fraction of sp³-hybridized carbons (Fsp3) is 0.533. The van der Waals surface area contributed by atoms with Gasteiger partial charge < -0.3 is 10.2 Å². The highest BCUT2D eigenvalue weighted by Gasteiger charge is 2.26. The Morgan fingerprint density at radius 1 is 1.46 bits per heavy atom. The van der Waals surface area contributed by atoms with Gasteiger partial charge in [0.05, 0.1) is 15.5 Å². The summed E-state index contributed by atoms with van der Waals surface area (Å²) in [5.41, 5.74) is 0.186. The zero-order valence-electron chi connectivity index (χ0n) is 13.7. The van der Waals surface area contributed by atoms with Crippen LogP contribution in [0.5, 0.6) is 0 Å². The van der Waals surface area contributed by atoms with E-state index in [4.69, 9.17) is 0 Å². The van der Waals surface area contributed by atoms with E-state index in [2.05, 4.69) is 5.32 Å². The average molecular weight is 355 g/mol. The second-order valence-corrected chi connectivity index (χ2v) is 7.87. The average Bonchev–Trinajstić information content (AvgIpc) is 2.53. The van der Waals surface area contributed by atoms with Crippen LogP contribution < -0.4 is 10.2 Å². The zero-order valence-corrected chi connectivity index (χ0v) is 14.5. The van der Waals surface area contributed by atoms with Crippen LogP contribution in [0.15, 0.2) is 23.1 Å². The molecule has 0 aromatic heterocycles. The molecule has 1 aliphatic heterocycles. The zero-order chi connectivity index (χ0) is 17.9. The lowest BCUT2D eigenvalue weighted by molar-refractivity contribution is -0.385. The largest absolute Gasteiger partial charge is 0.368 e. The lowest BCUT2D eigenvalue weighted by Gasteiger charge is -2.35. The first-order valence-corrected chi connectivity index (χ1v) is 9.64. The molecule has 9 heteroatoms. The SMILES string of the molecule is CCC(=O)NC1CCCN(c2ccc([N+](=O)[O-])cc2S(C)(=O)=O)C1. The minimum Gasteiger partial charge on any atom is -0.368 e. The maximum absolute atomic E-state index is 12.1. The van der Waals surface area contributed by atoms with Crippen molar-refractivity contribution in [3.8, 4) is 0 Å². The highest BCUT2D eigenvalue weighted by atomic mass is 32.2. The second kappa shape index (κ2) is 7.16. The van der Waals surface area contributed by atoms with Gasteiger partial charge in [0.1, 0.15) is 0 Å². The molecule has 1 aliphatic rings. The van der Waals surface area contributed by atoms with Gasteiger partial charge in [0.25, 0.3) is 5.69 Å². The Balaban J connectivity index is 2.33. The first kappa shape index (κ1) is 18.2. The van der Waals surface area contributed by atoms with E-state index >= 15 is 0 Å². The molecule has 0 spiro atoms. The number of benzene rings is 1. The maximum atomic E-state index is 12.1. The Hall–Kier alpha value is -2.16. The molecule has 2 rings (SSSR count). The first-order valence-electron chi connectivity index (χ1n) is 7.75. The molecule has 0 saturated carbocycles. The lowest BCUT2D eigenvalue weighted by atomic mass is 10.0. The molecule has 1 unspecified atom stereocenters. The van der Waals surface area contributed by atoms with E-state index in [1.165, 1.54) is 12.1 Å². The van der Waals surface area contributed by atoms with Gasteiger partial charge in [-0.15, -0.1) is 0 Å². The fourth-order valence-corrected chi connectivity index (χ4v) is 3.73. The summed E-state index contributed by atoms with van der Waals surface area (Å²) in [7, 11) is -3.62. The van der Waals surface area contributed by atoms with Gasteiger partial charge in [-0.25, -0.2) is 8.42 Å². The number of nitro benzene ring substituents is 1. The Kier molecular flexibility index (Phi) is 5.43. The van der Waals surface area contributed by atoms with Crippen molar-refractivity contribution in [2.75, 3.05) is 24.2 Å². The predicted octanol–water partition coefficient (Wildman–Crippen LogP) is 1.49. The molecule has 1 saturated heterocycles. The Morgan fingerprint density at radius 2 is 2.17 bits per heavy atom. The number of anilines is 1. The number of hydrogen-bond donors (Lipinski definition) is 1. The molecule has 1 N–H and O–H groups in total. The van der Waals surface area contributed by atoms with Crippen LogP contribution in [0.4, 0.5) is 11.4 Å². The third-order valence-electron chi connectivity index (χ3n) is 4.00. The third kappa shape index (κ3) is 4.22. The van der Waals surface area contributed by atoms with Gasteiger partial charge in [-0.2, -0.15) is 0 Å². The Labute approximate surface area is 140 Å². The van der Waals surface area contributed by atoms with Gasteiger partial charge in [-0.3, -0.25) is 14.9 Å². The number of amides is 1. The lowest BCUT2D eigenvalue weighted by Crippen LogP contribution is -2.48. The normalized spacial score (nSPS) is 18.2. The standard InChI is InChI=1S/C15H21N3O5S/c1-3-15(19)16-11-5-4-8-17(10-11)13-7-6-12(18(20)21)9-14(13)24(2,22)23/h6-7,9,11H,3-5,8,10H2,1-2H3,(H,16,19). The third-order valence-corrected chi connectivity index (χ3v) is 5.13. The molecule has 8 nitrogen and oxygen atoms in total. The molecule has 132 valence electrons. The van der Waals surface area contributed by atoms with Crippen LogP contribution in [0.25, 0.3) is 0 Å². The van der Waals surface area contributed by atoms with Crippen molar-refractivity contribution in [2.45, 2.75) is 37.1 Å². The molecule has 0 aliphatic carbocycles. The highest BCUT2D eigenvalue weighted by molar-refractivity contribution is 7.90. The van der Waals surface area contributed by atoms with Crippen molar-refractivity contribution in [1.29, 1.82) is 0 Å². The summed E-state index contributed by atoms with van der Waals surface area (Å²) in [6, 6.07) is 3.81. The van der Waals surface area contributed by atoms with Gasteiger partial charge in [-0.05, 0) is 18.9 Å². The second-order valence-electron chi connectivity index (χ2n) is 5.89. The van der Waals surface area contributed by atoms with Crippen LogP contribution in [-0.2, 0) is 14.6 Å². The number of carbonyl (C=O) groups excluding carboxylic acids is 1. The molecule has 1 atom stereocenters. The fourth-order valence-electron chi connectivity index (χ4n) is 2.82. The highest BCUT2D eigenvalue weighted by Crippen LogP contribution is 2.31. The number of nitrogens with zero attached hydrogens (tertiary/aromatic N) is 2. The Bertz CT molecular complexity index is 747. The van der Waals surface area contributed by atoms with Crippen LogP contribution in [0.1, 0.15) is 26.2 Å². The van der Waals surface area contributed by atoms with Crippen LogP contribution >= 0.6 is 0 Å². The topological polar surface area (TPSA) is 110 Å². The number of non-ortho nitro benzene ring substituents is 1. The van der Waals surface area contributed by atoms with Crippen molar-refractivity contribution < 1.29 is 18.1 Å². The minimum absolute atomic E-state index is 0.0473. The summed E-state index contributed by atoms with van der Waals surface area (Å²) in [6.07, 6.45) is 3.05. The maximum Gasteiger partial charge on any atom is 0.270 e. The summed E-state index contributed by atoms with van der Waals surface area (Å²) < 4.78 is 24.1. The van der Waals surface area contributed by atoms with Crippen molar-refractivity contribution in [3.63, 3.8) is 0 Å². The molecular formula is C15H21N3O5S. The Morgan fingerprint density at radius 3 is 2.75 bits per heavy atom. The minimum atomic E-state index is -3.62. The quantitative estimate of drug-likeness (QED) is 0.633. The number of piperidine rings is 1. The van der Waals surface area contributed by atoms with Gasteiger partial charge >= 0.3 is 0 Å². The van der Waals surface area contributed by atoms with E-state index in [9.17, 15) is 23.3 Å². The number of carbonyl (C=O) groups is 1. The smallest absolute Gasteiger partial charge is 0.270 e. The number of nitrogens with one attached hydrogen (secondary N) is 1. The van der Waals surface area contributed by atoms with Crippen molar-refractivity contribution >= 4 is 27.1 Å². The van der Waals surface area contributed by atoms with E-state index in [0.29, 0.717) is 25.2 Å². The van der Waals surface area contributed by atoms with Gasteiger partial charge in [0.15, 0.2) is 9.84 Å². The van der Waals surface area contributed by atoms with Crippen LogP contribution in [0.2, 0.25) is 0 Å². The molecule has 1 fully saturated rings. The van der Waals surface area contributed by atoms with Crippen LogP contribution in [-0.4, -0.2) is 44.6 Å². The number of hydrogen-bond acceptors (Lipinski definition) is 6. The van der Waals surface area contributed by atoms with E-state index in [1.807, 2.05) is 4.90 Å². The van der Waals surface area contributed by atoms with Crippen LogP contribution in [0.3, 0.4) is 0 Å². The van der Waals surface area contributed by atoms with E-state index in [-0.39, 0.29) is 22.5 Å². The summed E-state index contributed by atoms with van der Waals surface area (Å²) in [5, 5.41) is 13.8. The number of nitro groups is 1. The number of rotatable bonds is 5. The van der Waals surface area contributed by atoms with E-state index in [0.717, 1.165) is 25.2 Å². The van der Waals surface area contributed by atoms with Gasteiger partial charge in [0, 0.05) is 43.9 Å². The van der Waals surface area contributed by atoms with Crippen LogP contribution in [0, 0.1) is 10.1 Å². The van der Waals surface area contributed by atoms with Gasteiger partial charge in [0.2, 0.25) is 5.91 Å². The predicted molar refractivity (Wildman–Crippen MR) is 89.9 cm³/mol. The van der Waals surface area contributed by atoms with E-state index < -0.39 is 14.8 Å². The van der Waals surface area contributed by atoms with E-state index in [1.54, 1.807) is 6.92 Å². The van der Waals surface area contributed by atoms with Crippen molar-refractivity contribution in [2.24, 2.45) is 0 Å². The molecule has 1 aromatic carbocycles. The molecule has 1 amide bonds. The first-order chi connectivity index (χ1) is 11.2. The summed E-state index contributed by atoms with van der Waals surface area (Å²) >= 11 is 0. The summed E-state index contributed by atoms with van der Waals surface area (Å²) in [4.78, 5) is 23.7. The van der Waals surface area contributed by atoms with Gasteiger partial charge in [-0.1, -0.05) is 6.92 Å². The molecule has 1 aromatic rings. The molecule has 0 radical (unpaired) electrons. The van der Waals surface area contributed by atoms with Crippen molar-refractivity contribution in [3.05, 3.63) is 28.3 Å². The number of sulfone groups is 1. The summed E-state index contributed by atoms with van der Waals surface area (Å²) in [5.74, 6) is -0.0473. The molecule has 0 bridgehead atoms.